The maximum absolute atomic E-state index is 13.9. The molecule has 0 radical (unpaired) electrons. The Morgan fingerprint density at radius 2 is 2.07 bits per heavy atom. The number of likely N-dealkylation sites (tertiary alicyclic amines) is 1. The summed E-state index contributed by atoms with van der Waals surface area (Å²) in [4.78, 5) is 18.9. The first kappa shape index (κ1) is 21.5. The predicted molar refractivity (Wildman–Crippen MR) is 107 cm³/mol. The van der Waals surface area contributed by atoms with E-state index in [-0.39, 0.29) is 22.4 Å². The lowest BCUT2D eigenvalue weighted by Crippen LogP contribution is -2.43. The van der Waals surface area contributed by atoms with Gasteiger partial charge in [0.1, 0.15) is 11.4 Å². The highest BCUT2D eigenvalue weighted by molar-refractivity contribution is 6.30. The lowest BCUT2D eigenvalue weighted by atomic mass is 9.97. The maximum atomic E-state index is 13.9. The van der Waals surface area contributed by atoms with Gasteiger partial charge in [0.2, 0.25) is 0 Å². The van der Waals surface area contributed by atoms with Gasteiger partial charge in [0.15, 0.2) is 17.4 Å². The van der Waals surface area contributed by atoms with Crippen LogP contribution < -0.4 is 10.1 Å². The fraction of sp³-hybridized carbons (Fsp3) is 0.429. The third-order valence-electron chi connectivity index (χ3n) is 4.98. The molecular formula is C21H24ClF2N3O2. The SMILES string of the molecule is CC(C)N1CCC[C@H](CNC(=O)c2cc(Oc3c(F)cc(Cl)cc3F)ccn2)C1. The van der Waals surface area contributed by atoms with Crippen LogP contribution in [0.4, 0.5) is 8.78 Å². The molecule has 1 aromatic heterocycles. The summed E-state index contributed by atoms with van der Waals surface area (Å²) in [5, 5.41) is 2.83. The molecule has 1 fully saturated rings. The zero-order valence-electron chi connectivity index (χ0n) is 16.4. The number of rotatable bonds is 6. The summed E-state index contributed by atoms with van der Waals surface area (Å²) >= 11 is 5.62. The third-order valence-corrected chi connectivity index (χ3v) is 5.20. The van der Waals surface area contributed by atoms with E-state index in [9.17, 15) is 13.6 Å². The van der Waals surface area contributed by atoms with Gasteiger partial charge in [-0.3, -0.25) is 9.78 Å². The number of hydrogen-bond acceptors (Lipinski definition) is 4. The van der Waals surface area contributed by atoms with E-state index in [1.165, 1.54) is 18.3 Å². The summed E-state index contributed by atoms with van der Waals surface area (Å²) in [6.07, 6.45) is 3.53. The van der Waals surface area contributed by atoms with Crippen molar-refractivity contribution < 1.29 is 18.3 Å². The van der Waals surface area contributed by atoms with E-state index in [2.05, 4.69) is 29.0 Å². The smallest absolute Gasteiger partial charge is 0.270 e. The van der Waals surface area contributed by atoms with E-state index in [0.29, 0.717) is 18.5 Å². The number of amides is 1. The first-order chi connectivity index (χ1) is 13.8. The van der Waals surface area contributed by atoms with Crippen LogP contribution in [0.3, 0.4) is 0 Å². The molecule has 5 nitrogen and oxygen atoms in total. The third kappa shape index (κ3) is 5.64. The van der Waals surface area contributed by atoms with Crippen molar-refractivity contribution in [2.75, 3.05) is 19.6 Å². The molecule has 0 aliphatic carbocycles. The van der Waals surface area contributed by atoms with Crippen LogP contribution >= 0.6 is 11.6 Å². The average molecular weight is 424 g/mol. The van der Waals surface area contributed by atoms with Crippen molar-refractivity contribution in [3.8, 4) is 11.5 Å². The van der Waals surface area contributed by atoms with Gasteiger partial charge in [-0.15, -0.1) is 0 Å². The Balaban J connectivity index is 1.63. The summed E-state index contributed by atoms with van der Waals surface area (Å²) < 4.78 is 33.1. The van der Waals surface area contributed by atoms with Crippen molar-refractivity contribution in [2.45, 2.75) is 32.7 Å². The number of benzene rings is 1. The van der Waals surface area contributed by atoms with Gasteiger partial charge in [0.25, 0.3) is 5.91 Å². The van der Waals surface area contributed by atoms with Gasteiger partial charge in [0, 0.05) is 36.4 Å². The highest BCUT2D eigenvalue weighted by Crippen LogP contribution is 2.30. The Morgan fingerprint density at radius 3 is 2.76 bits per heavy atom. The van der Waals surface area contributed by atoms with Crippen LogP contribution in [-0.2, 0) is 0 Å². The van der Waals surface area contributed by atoms with Crippen molar-refractivity contribution in [1.29, 1.82) is 0 Å². The summed E-state index contributed by atoms with van der Waals surface area (Å²) in [5.74, 6) is -2.30. The van der Waals surface area contributed by atoms with Gasteiger partial charge in [-0.25, -0.2) is 8.78 Å². The minimum atomic E-state index is -0.926. The number of aromatic nitrogens is 1. The predicted octanol–water partition coefficient (Wildman–Crippen LogP) is 4.66. The summed E-state index contributed by atoms with van der Waals surface area (Å²) in [5.41, 5.74) is 0.119. The van der Waals surface area contributed by atoms with Gasteiger partial charge >= 0.3 is 0 Å². The highest BCUT2D eigenvalue weighted by Gasteiger charge is 2.22. The number of nitrogens with zero attached hydrogens (tertiary/aromatic N) is 2. The summed E-state index contributed by atoms with van der Waals surface area (Å²) in [6, 6.07) is 5.17. The molecular weight excluding hydrogens is 400 g/mol. The molecule has 8 heteroatoms. The molecule has 1 aliphatic rings. The molecule has 29 heavy (non-hydrogen) atoms. The average Bonchev–Trinajstić information content (AvgIpc) is 2.69. The van der Waals surface area contributed by atoms with Crippen LogP contribution in [0.25, 0.3) is 0 Å². The minimum absolute atomic E-state index is 0.0686. The zero-order valence-corrected chi connectivity index (χ0v) is 17.2. The second-order valence-corrected chi connectivity index (χ2v) is 7.92. The molecule has 156 valence electrons. The number of pyridine rings is 1. The number of carbonyl (C=O) groups is 1. The molecule has 2 heterocycles. The Kier molecular flexibility index (Phi) is 7.03. The lowest BCUT2D eigenvalue weighted by molar-refractivity contribution is 0.0917. The summed E-state index contributed by atoms with van der Waals surface area (Å²) in [7, 11) is 0. The summed E-state index contributed by atoms with van der Waals surface area (Å²) in [6.45, 7) is 6.92. The van der Waals surface area contributed by atoms with Gasteiger partial charge in [-0.1, -0.05) is 11.6 Å². The molecule has 1 aromatic carbocycles. The van der Waals surface area contributed by atoms with Crippen molar-refractivity contribution in [3.05, 3.63) is 52.8 Å². The molecule has 3 rings (SSSR count). The molecule has 1 saturated heterocycles. The molecule has 1 N–H and O–H groups in total. The molecule has 0 spiro atoms. The van der Waals surface area contributed by atoms with E-state index in [0.717, 1.165) is 38.1 Å². The topological polar surface area (TPSA) is 54.5 Å². The largest absolute Gasteiger partial charge is 0.451 e. The van der Waals surface area contributed by atoms with Gasteiger partial charge < -0.3 is 15.0 Å². The van der Waals surface area contributed by atoms with Crippen molar-refractivity contribution in [2.24, 2.45) is 5.92 Å². The quantitative estimate of drug-likeness (QED) is 0.734. The Labute approximate surface area is 174 Å². The van der Waals surface area contributed by atoms with E-state index in [1.54, 1.807) is 0 Å². The highest BCUT2D eigenvalue weighted by atomic mass is 35.5. The van der Waals surface area contributed by atoms with Crippen LogP contribution in [0.15, 0.2) is 30.5 Å². The van der Waals surface area contributed by atoms with Gasteiger partial charge in [0.05, 0.1) is 0 Å². The molecule has 0 saturated carbocycles. The fourth-order valence-corrected chi connectivity index (χ4v) is 3.60. The normalized spacial score (nSPS) is 17.4. The molecule has 1 amide bonds. The van der Waals surface area contributed by atoms with E-state index < -0.39 is 17.4 Å². The minimum Gasteiger partial charge on any atom is -0.451 e. The number of nitrogens with one attached hydrogen (secondary N) is 1. The molecule has 0 bridgehead atoms. The number of ether oxygens (including phenoxy) is 1. The van der Waals surface area contributed by atoms with Crippen LogP contribution in [-0.4, -0.2) is 41.5 Å². The Bertz CT molecular complexity index is 856. The van der Waals surface area contributed by atoms with E-state index in [1.807, 2.05) is 0 Å². The maximum Gasteiger partial charge on any atom is 0.270 e. The fourth-order valence-electron chi connectivity index (χ4n) is 3.40. The number of carbonyl (C=O) groups excluding carboxylic acids is 1. The van der Waals surface area contributed by atoms with Gasteiger partial charge in [-0.05, 0) is 57.4 Å². The lowest BCUT2D eigenvalue weighted by Gasteiger charge is -2.35. The second kappa shape index (κ2) is 9.50. The molecule has 1 aliphatic heterocycles. The van der Waals surface area contributed by atoms with E-state index >= 15 is 0 Å². The van der Waals surface area contributed by atoms with Crippen LogP contribution in [0.5, 0.6) is 11.5 Å². The number of hydrogen-bond donors (Lipinski definition) is 1. The monoisotopic (exact) mass is 423 g/mol. The number of piperidine rings is 1. The first-order valence-corrected chi connectivity index (χ1v) is 10.0. The standard InChI is InChI=1S/C21H24ClF2N3O2/c1-13(2)27-7-3-4-14(12-27)11-26-21(28)19-10-16(5-6-25-19)29-20-17(23)8-15(22)9-18(20)24/h5-6,8-10,13-14H,3-4,7,11-12H2,1-2H3,(H,26,28)/t14-/m1/s1. The zero-order chi connectivity index (χ0) is 21.0. The van der Waals surface area contributed by atoms with Crippen LogP contribution in [0.2, 0.25) is 5.02 Å². The van der Waals surface area contributed by atoms with E-state index in [4.69, 9.17) is 16.3 Å². The first-order valence-electron chi connectivity index (χ1n) is 9.64. The van der Waals surface area contributed by atoms with Crippen molar-refractivity contribution in [3.63, 3.8) is 0 Å². The molecule has 1 atom stereocenters. The molecule has 2 aromatic rings. The van der Waals surface area contributed by atoms with Crippen molar-refractivity contribution >= 4 is 17.5 Å². The second-order valence-electron chi connectivity index (χ2n) is 7.48. The Morgan fingerprint density at radius 1 is 1.34 bits per heavy atom. The van der Waals surface area contributed by atoms with Crippen molar-refractivity contribution in [1.82, 2.24) is 15.2 Å². The van der Waals surface area contributed by atoms with Crippen LogP contribution in [0, 0.1) is 17.6 Å². The van der Waals surface area contributed by atoms with Crippen LogP contribution in [0.1, 0.15) is 37.2 Å². The molecule has 0 unspecified atom stereocenters. The van der Waals surface area contributed by atoms with Gasteiger partial charge in [-0.2, -0.15) is 0 Å². The number of halogens is 3. The Hall–Kier alpha value is -2.25.